The van der Waals surface area contributed by atoms with Crippen LogP contribution in [0.4, 0.5) is 0 Å². The third-order valence-corrected chi connectivity index (χ3v) is 4.60. The van der Waals surface area contributed by atoms with Gasteiger partial charge in [0, 0.05) is 24.0 Å². The molecule has 1 aromatic heterocycles. The van der Waals surface area contributed by atoms with Gasteiger partial charge in [-0.05, 0) is 25.0 Å². The van der Waals surface area contributed by atoms with Crippen molar-refractivity contribution in [3.05, 3.63) is 46.3 Å². The Morgan fingerprint density at radius 1 is 1.22 bits per heavy atom. The lowest BCUT2D eigenvalue weighted by atomic mass is 9.95. The molecule has 2 atom stereocenters. The van der Waals surface area contributed by atoms with Gasteiger partial charge in [-0.1, -0.05) is 37.5 Å². The molecule has 2 aromatic rings. The molecule has 1 aliphatic rings. The van der Waals surface area contributed by atoms with Crippen LogP contribution in [0.2, 0.25) is 0 Å². The maximum atomic E-state index is 12.5. The van der Waals surface area contributed by atoms with Gasteiger partial charge in [0.15, 0.2) is 0 Å². The number of nitrogens with one attached hydrogen (secondary N) is 1. The van der Waals surface area contributed by atoms with E-state index in [9.17, 15) is 14.7 Å². The van der Waals surface area contributed by atoms with Crippen molar-refractivity contribution in [2.45, 2.75) is 38.1 Å². The molecule has 0 spiro atoms. The zero-order chi connectivity index (χ0) is 16.2. The maximum absolute atomic E-state index is 12.5. The summed E-state index contributed by atoms with van der Waals surface area (Å²) in [6.07, 6.45) is 4.92. The standard InChI is InChI=1S/C18H21NO4/c20-11-13-7-2-1-3-8-15(13)19-17(21)14-10-12-6-4-5-9-16(12)23-18(14)22/h4-6,9-10,13,15,20H,1-3,7-8,11H2,(H,19,21). The highest BCUT2D eigenvalue weighted by Crippen LogP contribution is 2.23. The lowest BCUT2D eigenvalue weighted by molar-refractivity contribution is 0.0896. The summed E-state index contributed by atoms with van der Waals surface area (Å²) in [5.74, 6) is -0.371. The van der Waals surface area contributed by atoms with Gasteiger partial charge in [0.25, 0.3) is 5.91 Å². The Morgan fingerprint density at radius 3 is 2.83 bits per heavy atom. The van der Waals surface area contributed by atoms with E-state index < -0.39 is 11.5 Å². The number of aliphatic hydroxyl groups excluding tert-OH is 1. The summed E-state index contributed by atoms with van der Waals surface area (Å²) in [5, 5.41) is 13.2. The number of hydrogen-bond donors (Lipinski definition) is 2. The maximum Gasteiger partial charge on any atom is 0.349 e. The summed E-state index contributed by atoms with van der Waals surface area (Å²) in [6, 6.07) is 8.59. The van der Waals surface area contributed by atoms with E-state index in [1.807, 2.05) is 6.07 Å². The lowest BCUT2D eigenvalue weighted by Gasteiger charge is -2.24. The first-order chi connectivity index (χ1) is 11.2. The number of benzene rings is 1. The van der Waals surface area contributed by atoms with E-state index in [1.165, 1.54) is 0 Å². The van der Waals surface area contributed by atoms with Crippen LogP contribution in [0.5, 0.6) is 0 Å². The van der Waals surface area contributed by atoms with Crippen LogP contribution in [0.15, 0.2) is 39.5 Å². The average Bonchev–Trinajstić information content (AvgIpc) is 2.79. The second-order valence-electron chi connectivity index (χ2n) is 6.15. The minimum absolute atomic E-state index is 0.0182. The molecule has 5 nitrogen and oxygen atoms in total. The predicted octanol–water partition coefficient (Wildman–Crippen LogP) is 2.46. The molecule has 1 aliphatic carbocycles. The number of carbonyl (C=O) groups is 1. The van der Waals surface area contributed by atoms with Crippen LogP contribution >= 0.6 is 0 Å². The van der Waals surface area contributed by atoms with Crippen LogP contribution < -0.4 is 10.9 Å². The van der Waals surface area contributed by atoms with Gasteiger partial charge in [0.05, 0.1) is 0 Å². The molecule has 0 aliphatic heterocycles. The van der Waals surface area contributed by atoms with Crippen molar-refractivity contribution in [1.82, 2.24) is 5.32 Å². The summed E-state index contributed by atoms with van der Waals surface area (Å²) >= 11 is 0. The summed E-state index contributed by atoms with van der Waals surface area (Å²) in [5.41, 5.74) is -0.142. The van der Waals surface area contributed by atoms with Gasteiger partial charge in [-0.3, -0.25) is 4.79 Å². The van der Waals surface area contributed by atoms with E-state index in [2.05, 4.69) is 5.32 Å². The lowest BCUT2D eigenvalue weighted by Crippen LogP contribution is -2.42. The van der Waals surface area contributed by atoms with Crippen molar-refractivity contribution in [2.75, 3.05) is 6.61 Å². The van der Waals surface area contributed by atoms with Crippen molar-refractivity contribution < 1.29 is 14.3 Å². The van der Waals surface area contributed by atoms with Crippen molar-refractivity contribution in [1.29, 1.82) is 0 Å². The average molecular weight is 315 g/mol. The molecule has 122 valence electrons. The van der Waals surface area contributed by atoms with E-state index in [0.717, 1.165) is 37.5 Å². The Kier molecular flexibility index (Phi) is 4.76. The fourth-order valence-corrected chi connectivity index (χ4v) is 3.26. The molecule has 0 bridgehead atoms. The van der Waals surface area contributed by atoms with Gasteiger partial charge in [-0.2, -0.15) is 0 Å². The first-order valence-corrected chi connectivity index (χ1v) is 8.13. The predicted molar refractivity (Wildman–Crippen MR) is 87.4 cm³/mol. The van der Waals surface area contributed by atoms with Crippen LogP contribution in [0.25, 0.3) is 11.0 Å². The molecule has 5 heteroatoms. The zero-order valence-corrected chi connectivity index (χ0v) is 13.0. The third-order valence-electron chi connectivity index (χ3n) is 4.60. The van der Waals surface area contributed by atoms with E-state index in [-0.39, 0.29) is 24.1 Å². The van der Waals surface area contributed by atoms with Gasteiger partial charge in [0.2, 0.25) is 0 Å². The number of fused-ring (bicyclic) bond motifs is 1. The van der Waals surface area contributed by atoms with Crippen molar-refractivity contribution in [2.24, 2.45) is 5.92 Å². The molecule has 23 heavy (non-hydrogen) atoms. The smallest absolute Gasteiger partial charge is 0.349 e. The number of rotatable bonds is 3. The van der Waals surface area contributed by atoms with Gasteiger partial charge in [-0.25, -0.2) is 4.79 Å². The van der Waals surface area contributed by atoms with Gasteiger partial charge >= 0.3 is 5.63 Å². The molecule has 1 amide bonds. The molecular formula is C18H21NO4. The largest absolute Gasteiger partial charge is 0.422 e. The van der Waals surface area contributed by atoms with E-state index in [1.54, 1.807) is 24.3 Å². The number of para-hydroxylation sites is 1. The van der Waals surface area contributed by atoms with Gasteiger partial charge < -0.3 is 14.8 Å². The number of carbonyl (C=O) groups excluding carboxylic acids is 1. The van der Waals surface area contributed by atoms with Crippen molar-refractivity contribution in [3.63, 3.8) is 0 Å². The fourth-order valence-electron chi connectivity index (χ4n) is 3.26. The normalized spacial score (nSPS) is 21.8. The molecule has 1 heterocycles. The Bertz CT molecular complexity index is 752. The summed E-state index contributed by atoms with van der Waals surface area (Å²) in [7, 11) is 0. The summed E-state index contributed by atoms with van der Waals surface area (Å²) in [6.45, 7) is 0.0529. The van der Waals surface area contributed by atoms with Crippen LogP contribution in [0, 0.1) is 5.92 Å². The van der Waals surface area contributed by atoms with Crippen LogP contribution in [0.1, 0.15) is 42.5 Å². The Morgan fingerprint density at radius 2 is 2.00 bits per heavy atom. The molecule has 3 rings (SSSR count). The van der Waals surface area contributed by atoms with Crippen LogP contribution in [0.3, 0.4) is 0 Å². The molecule has 2 N–H and O–H groups in total. The molecule has 1 saturated carbocycles. The third kappa shape index (κ3) is 3.45. The Balaban J connectivity index is 1.85. The van der Waals surface area contributed by atoms with E-state index in [0.29, 0.717) is 5.58 Å². The highest BCUT2D eigenvalue weighted by Gasteiger charge is 2.26. The van der Waals surface area contributed by atoms with Crippen molar-refractivity contribution in [3.8, 4) is 0 Å². The SMILES string of the molecule is O=C(NC1CCCCCC1CO)c1cc2ccccc2oc1=O. The van der Waals surface area contributed by atoms with Gasteiger partial charge in [-0.15, -0.1) is 0 Å². The van der Waals surface area contributed by atoms with E-state index in [4.69, 9.17) is 4.42 Å². The number of aliphatic hydroxyl groups is 1. The molecule has 0 saturated heterocycles. The summed E-state index contributed by atoms with van der Waals surface area (Å²) < 4.78 is 5.22. The first-order valence-electron chi connectivity index (χ1n) is 8.13. The zero-order valence-electron chi connectivity index (χ0n) is 13.0. The number of amides is 1. The highest BCUT2D eigenvalue weighted by molar-refractivity contribution is 5.96. The Labute approximate surface area is 134 Å². The van der Waals surface area contributed by atoms with Crippen LogP contribution in [-0.4, -0.2) is 23.7 Å². The molecular weight excluding hydrogens is 294 g/mol. The first kappa shape index (κ1) is 15.7. The summed E-state index contributed by atoms with van der Waals surface area (Å²) in [4.78, 5) is 24.6. The molecule has 1 fully saturated rings. The second kappa shape index (κ2) is 6.96. The monoisotopic (exact) mass is 315 g/mol. The quantitative estimate of drug-likeness (QED) is 0.673. The second-order valence-corrected chi connectivity index (χ2v) is 6.15. The number of hydrogen-bond acceptors (Lipinski definition) is 4. The topological polar surface area (TPSA) is 79.5 Å². The van der Waals surface area contributed by atoms with E-state index >= 15 is 0 Å². The Hall–Kier alpha value is -2.14. The fraction of sp³-hybridized carbons (Fsp3) is 0.444. The van der Waals surface area contributed by atoms with Crippen LogP contribution in [-0.2, 0) is 0 Å². The molecule has 0 radical (unpaired) electrons. The molecule has 1 aromatic carbocycles. The highest BCUT2D eigenvalue weighted by atomic mass is 16.4. The van der Waals surface area contributed by atoms with Gasteiger partial charge in [0.1, 0.15) is 11.1 Å². The minimum atomic E-state index is -0.629. The van der Waals surface area contributed by atoms with Crippen molar-refractivity contribution >= 4 is 16.9 Å². The molecule has 2 unspecified atom stereocenters. The minimum Gasteiger partial charge on any atom is -0.422 e.